The van der Waals surface area contributed by atoms with Crippen LogP contribution in [0.1, 0.15) is 5.56 Å². The third-order valence-corrected chi connectivity index (χ3v) is 3.61. The molecular formula is C17H14N4O2. The van der Waals surface area contributed by atoms with Gasteiger partial charge in [-0.25, -0.2) is 15.0 Å². The Morgan fingerprint density at radius 3 is 2.74 bits per heavy atom. The van der Waals surface area contributed by atoms with Crippen molar-refractivity contribution >= 4 is 11.2 Å². The van der Waals surface area contributed by atoms with E-state index in [1.807, 2.05) is 41.0 Å². The van der Waals surface area contributed by atoms with Gasteiger partial charge in [0.25, 0.3) is 0 Å². The molecule has 0 spiro atoms. The predicted octanol–water partition coefficient (Wildman–Crippen LogP) is 3.14. The number of benzene rings is 1. The van der Waals surface area contributed by atoms with Gasteiger partial charge in [0.05, 0.1) is 32.4 Å². The van der Waals surface area contributed by atoms with Crippen molar-refractivity contribution in [3.8, 4) is 17.3 Å². The number of aromatic nitrogens is 4. The molecule has 0 aliphatic heterocycles. The van der Waals surface area contributed by atoms with E-state index in [1.54, 1.807) is 25.9 Å². The zero-order valence-corrected chi connectivity index (χ0v) is 12.5. The lowest BCUT2D eigenvalue weighted by Gasteiger charge is -2.06. The van der Waals surface area contributed by atoms with E-state index in [4.69, 9.17) is 9.15 Å². The maximum Gasteiger partial charge on any atom is 0.197 e. The number of fused-ring (bicyclic) bond motifs is 1. The molecule has 0 atom stereocenters. The third kappa shape index (κ3) is 2.55. The second-order valence-electron chi connectivity index (χ2n) is 5.10. The standard InChI is InChI=1S/C17H14N4O2/c1-22-13-6-4-12(5-7-13)10-21-11-19-14-9-18-16(20-17(14)21)15-3-2-8-23-15/h2-9,11H,10H2,1H3. The van der Waals surface area contributed by atoms with Crippen LogP contribution in [0.25, 0.3) is 22.7 Å². The van der Waals surface area contributed by atoms with E-state index in [-0.39, 0.29) is 0 Å². The van der Waals surface area contributed by atoms with Crippen LogP contribution in [0.5, 0.6) is 5.75 Å². The molecule has 0 radical (unpaired) electrons. The van der Waals surface area contributed by atoms with Crippen molar-refractivity contribution in [2.24, 2.45) is 0 Å². The fraction of sp³-hybridized carbons (Fsp3) is 0.118. The van der Waals surface area contributed by atoms with Gasteiger partial charge in [-0.2, -0.15) is 0 Å². The van der Waals surface area contributed by atoms with Crippen LogP contribution < -0.4 is 4.74 Å². The Kier molecular flexibility index (Phi) is 3.27. The highest BCUT2D eigenvalue weighted by molar-refractivity contribution is 5.71. The van der Waals surface area contributed by atoms with Gasteiger partial charge in [-0.15, -0.1) is 0 Å². The number of imidazole rings is 1. The Hall–Kier alpha value is -3.15. The Morgan fingerprint density at radius 2 is 2.00 bits per heavy atom. The number of furan rings is 1. The highest BCUT2D eigenvalue weighted by atomic mass is 16.5. The van der Waals surface area contributed by atoms with Gasteiger partial charge in [-0.05, 0) is 29.8 Å². The monoisotopic (exact) mass is 306 g/mol. The second-order valence-corrected chi connectivity index (χ2v) is 5.10. The van der Waals surface area contributed by atoms with E-state index in [0.29, 0.717) is 18.1 Å². The molecule has 0 bridgehead atoms. The lowest BCUT2D eigenvalue weighted by molar-refractivity contribution is 0.414. The number of nitrogens with zero attached hydrogens (tertiary/aromatic N) is 4. The van der Waals surface area contributed by atoms with Crippen molar-refractivity contribution in [1.82, 2.24) is 19.5 Å². The molecular weight excluding hydrogens is 292 g/mol. The molecule has 0 aliphatic rings. The lowest BCUT2D eigenvalue weighted by Crippen LogP contribution is -2.00. The summed E-state index contributed by atoms with van der Waals surface area (Å²) >= 11 is 0. The van der Waals surface area contributed by atoms with Gasteiger partial charge in [0.1, 0.15) is 11.3 Å². The van der Waals surface area contributed by atoms with E-state index in [1.165, 1.54) is 0 Å². The molecule has 114 valence electrons. The minimum absolute atomic E-state index is 0.555. The summed E-state index contributed by atoms with van der Waals surface area (Å²) in [6.07, 6.45) is 5.09. The molecule has 0 N–H and O–H groups in total. The number of hydrogen-bond donors (Lipinski definition) is 0. The van der Waals surface area contributed by atoms with Crippen molar-refractivity contribution in [3.05, 3.63) is 60.7 Å². The van der Waals surface area contributed by atoms with Gasteiger partial charge in [0.15, 0.2) is 17.2 Å². The van der Waals surface area contributed by atoms with Gasteiger partial charge in [-0.3, -0.25) is 0 Å². The third-order valence-electron chi connectivity index (χ3n) is 3.61. The maximum atomic E-state index is 5.36. The molecule has 0 unspecified atom stereocenters. The molecule has 4 aromatic rings. The van der Waals surface area contributed by atoms with Crippen LogP contribution in [0.3, 0.4) is 0 Å². The molecule has 23 heavy (non-hydrogen) atoms. The van der Waals surface area contributed by atoms with Crippen LogP contribution in [-0.2, 0) is 6.54 Å². The summed E-state index contributed by atoms with van der Waals surface area (Å²) in [6, 6.07) is 11.6. The number of ether oxygens (including phenoxy) is 1. The Balaban J connectivity index is 1.70. The fourth-order valence-corrected chi connectivity index (χ4v) is 2.42. The van der Waals surface area contributed by atoms with Crippen LogP contribution in [0, 0.1) is 0 Å². The summed E-state index contributed by atoms with van der Waals surface area (Å²) in [7, 11) is 1.66. The number of methoxy groups -OCH3 is 1. The van der Waals surface area contributed by atoms with E-state index >= 15 is 0 Å². The van der Waals surface area contributed by atoms with Crippen LogP contribution in [0.4, 0.5) is 0 Å². The first-order valence-corrected chi connectivity index (χ1v) is 7.18. The topological polar surface area (TPSA) is 66.0 Å². The normalized spacial score (nSPS) is 11.0. The van der Waals surface area contributed by atoms with Gasteiger partial charge in [0.2, 0.25) is 0 Å². The zero-order chi connectivity index (χ0) is 15.6. The first-order valence-electron chi connectivity index (χ1n) is 7.18. The number of hydrogen-bond acceptors (Lipinski definition) is 5. The van der Waals surface area contributed by atoms with Crippen LogP contribution in [-0.4, -0.2) is 26.6 Å². The van der Waals surface area contributed by atoms with Crippen molar-refractivity contribution in [1.29, 1.82) is 0 Å². The van der Waals surface area contributed by atoms with E-state index < -0.39 is 0 Å². The molecule has 0 fully saturated rings. The largest absolute Gasteiger partial charge is 0.497 e. The van der Waals surface area contributed by atoms with Crippen LogP contribution >= 0.6 is 0 Å². The average Bonchev–Trinajstić information content (AvgIpc) is 3.25. The molecule has 3 aromatic heterocycles. The summed E-state index contributed by atoms with van der Waals surface area (Å²) in [5.41, 5.74) is 2.68. The first-order chi connectivity index (χ1) is 11.3. The summed E-state index contributed by atoms with van der Waals surface area (Å²) in [6.45, 7) is 0.676. The zero-order valence-electron chi connectivity index (χ0n) is 12.5. The second kappa shape index (κ2) is 5.57. The van der Waals surface area contributed by atoms with Gasteiger partial charge in [-0.1, -0.05) is 12.1 Å². The van der Waals surface area contributed by atoms with E-state index in [0.717, 1.165) is 22.5 Å². The molecule has 6 heteroatoms. The van der Waals surface area contributed by atoms with Crippen LogP contribution in [0.15, 0.2) is 59.6 Å². The smallest absolute Gasteiger partial charge is 0.197 e. The van der Waals surface area contributed by atoms with E-state index in [2.05, 4.69) is 15.0 Å². The van der Waals surface area contributed by atoms with Crippen molar-refractivity contribution in [2.75, 3.05) is 7.11 Å². The van der Waals surface area contributed by atoms with Crippen molar-refractivity contribution in [2.45, 2.75) is 6.54 Å². The molecule has 6 nitrogen and oxygen atoms in total. The summed E-state index contributed by atoms with van der Waals surface area (Å²) in [5.74, 6) is 2.04. The fourth-order valence-electron chi connectivity index (χ4n) is 2.42. The summed E-state index contributed by atoms with van der Waals surface area (Å²) in [4.78, 5) is 13.2. The molecule has 1 aromatic carbocycles. The summed E-state index contributed by atoms with van der Waals surface area (Å²) in [5, 5.41) is 0. The molecule has 0 saturated heterocycles. The highest BCUT2D eigenvalue weighted by Gasteiger charge is 2.10. The number of rotatable bonds is 4. The average molecular weight is 306 g/mol. The Labute approximate surface area is 132 Å². The molecule has 0 saturated carbocycles. The van der Waals surface area contributed by atoms with E-state index in [9.17, 15) is 0 Å². The van der Waals surface area contributed by atoms with Crippen molar-refractivity contribution < 1.29 is 9.15 Å². The molecule has 3 heterocycles. The Morgan fingerprint density at radius 1 is 1.13 bits per heavy atom. The quantitative estimate of drug-likeness (QED) is 0.579. The van der Waals surface area contributed by atoms with Crippen molar-refractivity contribution in [3.63, 3.8) is 0 Å². The lowest BCUT2D eigenvalue weighted by atomic mass is 10.2. The van der Waals surface area contributed by atoms with Crippen LogP contribution in [0.2, 0.25) is 0 Å². The molecule has 0 amide bonds. The molecule has 4 rings (SSSR count). The SMILES string of the molecule is COc1ccc(Cn2cnc3cnc(-c4ccco4)nc32)cc1. The minimum atomic E-state index is 0.555. The minimum Gasteiger partial charge on any atom is -0.497 e. The van der Waals surface area contributed by atoms with Gasteiger partial charge in [0, 0.05) is 0 Å². The summed E-state index contributed by atoms with van der Waals surface area (Å²) < 4.78 is 12.5. The maximum absolute atomic E-state index is 5.36. The molecule has 0 aliphatic carbocycles. The van der Waals surface area contributed by atoms with Gasteiger partial charge >= 0.3 is 0 Å². The van der Waals surface area contributed by atoms with Gasteiger partial charge < -0.3 is 13.7 Å². The highest BCUT2D eigenvalue weighted by Crippen LogP contribution is 2.19. The Bertz CT molecular complexity index is 927. The first kappa shape index (κ1) is 13.5. The predicted molar refractivity (Wildman–Crippen MR) is 85.1 cm³/mol.